The minimum atomic E-state index is -5.90. The molecule has 2 aliphatic heterocycles. The fourth-order valence-corrected chi connectivity index (χ4v) is 13.4. The second-order valence-electron chi connectivity index (χ2n) is 11.6. The van der Waals surface area contributed by atoms with Crippen LogP contribution in [-0.2, 0) is 19.3 Å². The average Bonchev–Trinajstić information content (AvgIpc) is 3.24. The summed E-state index contributed by atoms with van der Waals surface area (Å²) in [6.07, 6.45) is 2.08. The molecule has 0 saturated carbocycles. The number of halogens is 5. The van der Waals surface area contributed by atoms with E-state index in [2.05, 4.69) is 55.9 Å². The van der Waals surface area contributed by atoms with Crippen molar-refractivity contribution in [1.29, 1.82) is 0 Å². The highest BCUT2D eigenvalue weighted by Crippen LogP contribution is 2.46. The average molecular weight is 648 g/mol. The molecular weight excluding hydrogens is 608 g/mol. The third-order valence-electron chi connectivity index (χ3n) is 8.26. The first kappa shape index (κ1) is 33.4. The largest absolute Gasteiger partial charge is 0.534 e. The maximum absolute atomic E-state index is 12.8. The lowest BCUT2D eigenvalue weighted by Gasteiger charge is -2.47. The quantitative estimate of drug-likeness (QED) is 0.166. The van der Waals surface area contributed by atoms with Gasteiger partial charge in [0.25, 0.3) is 0 Å². The van der Waals surface area contributed by atoms with Gasteiger partial charge in [0.15, 0.2) is 0 Å². The van der Waals surface area contributed by atoms with Gasteiger partial charge in [-0.25, -0.2) is 0 Å². The molecule has 0 aliphatic carbocycles. The summed E-state index contributed by atoms with van der Waals surface area (Å²) < 4.78 is 72.8. The molecule has 2 saturated heterocycles. The predicted molar refractivity (Wildman–Crippen MR) is 153 cm³/mol. The Hall–Kier alpha value is -1.05. The summed E-state index contributed by atoms with van der Waals surface area (Å²) in [7, 11) is -7.99. The predicted octanol–water partition coefficient (Wildman–Crippen LogP) is 7.06. The summed E-state index contributed by atoms with van der Waals surface area (Å²) >= 11 is 13.0. The zero-order valence-electron chi connectivity index (χ0n) is 23.6. The van der Waals surface area contributed by atoms with E-state index in [0.717, 1.165) is 25.0 Å². The monoisotopic (exact) mass is 646 g/mol. The van der Waals surface area contributed by atoms with Crippen molar-refractivity contribution in [1.82, 2.24) is 10.2 Å². The number of nitrogens with one attached hydrogen (secondary N) is 1. The van der Waals surface area contributed by atoms with E-state index >= 15 is 0 Å². The highest BCUT2D eigenvalue weighted by atomic mass is 35.5. The van der Waals surface area contributed by atoms with Gasteiger partial charge < -0.3 is 13.9 Å². The molecule has 2 fully saturated rings. The molecule has 0 spiro atoms. The Morgan fingerprint density at radius 2 is 1.48 bits per heavy atom. The maximum atomic E-state index is 12.8. The van der Waals surface area contributed by atoms with Crippen LogP contribution in [0.15, 0.2) is 12.1 Å². The van der Waals surface area contributed by atoms with Gasteiger partial charge in [-0.1, -0.05) is 64.7 Å². The summed E-state index contributed by atoms with van der Waals surface area (Å²) in [4.78, 5) is 14.9. The minimum Gasteiger partial charge on any atom is -0.413 e. The Labute approximate surface area is 246 Å². The number of benzene rings is 1. The van der Waals surface area contributed by atoms with Crippen molar-refractivity contribution in [3.63, 3.8) is 0 Å². The molecule has 14 heteroatoms. The summed E-state index contributed by atoms with van der Waals surface area (Å²) in [6.45, 7) is 15.1. The molecule has 7 nitrogen and oxygen atoms in total. The lowest BCUT2D eigenvalue weighted by atomic mass is 9.88. The highest BCUT2D eigenvalue weighted by molar-refractivity contribution is 7.88. The summed E-state index contributed by atoms with van der Waals surface area (Å²) in [6, 6.07) is 1.43. The standard InChI is InChI=1S/C26H39Cl2F3N2O5SSi/c1-15(2)40(16(3)4,17(5)6)38-18-8-11-33(12-9-18)24(20-7-10-32-25(20)34)23-21(27)13-19(14-22(23)28)37-39(35,36)26(29,30)31/h13-18,20,24H,7-12H2,1-6H3,(H,32,34). The molecule has 3 rings (SSSR count). The van der Waals surface area contributed by atoms with Crippen LogP contribution in [0.1, 0.15) is 72.4 Å². The number of alkyl halides is 3. The number of nitrogens with zero attached hydrogens (tertiary/aromatic N) is 1. The molecule has 1 aromatic carbocycles. The van der Waals surface area contributed by atoms with Crippen molar-refractivity contribution in [3.05, 3.63) is 27.7 Å². The minimum absolute atomic E-state index is 0.0717. The van der Waals surface area contributed by atoms with Gasteiger partial charge in [0.2, 0.25) is 14.2 Å². The van der Waals surface area contributed by atoms with Gasteiger partial charge >= 0.3 is 15.6 Å². The lowest BCUT2D eigenvalue weighted by Crippen LogP contribution is -2.52. The number of amides is 1. The third-order valence-corrected chi connectivity index (χ3v) is 16.0. The van der Waals surface area contributed by atoms with E-state index in [1.54, 1.807) is 0 Å². The summed E-state index contributed by atoms with van der Waals surface area (Å²) in [5.41, 5.74) is -3.92. The molecule has 0 aromatic heterocycles. The van der Waals surface area contributed by atoms with Crippen LogP contribution in [0.4, 0.5) is 13.2 Å². The van der Waals surface area contributed by atoms with E-state index in [9.17, 15) is 26.4 Å². The fourth-order valence-electron chi connectivity index (χ4n) is 6.59. The van der Waals surface area contributed by atoms with Crippen LogP contribution in [0, 0.1) is 5.92 Å². The first-order valence-corrected chi connectivity index (χ1v) is 17.9. The van der Waals surface area contributed by atoms with Crippen molar-refractivity contribution < 1.29 is 35.0 Å². The number of carbonyl (C=O) groups excluding carboxylic acids is 1. The second kappa shape index (κ2) is 12.7. The van der Waals surface area contributed by atoms with Crippen LogP contribution in [-0.4, -0.2) is 58.8 Å². The molecule has 2 heterocycles. The molecular formula is C26H39Cl2F3N2O5SSi. The van der Waals surface area contributed by atoms with Gasteiger partial charge in [-0.05, 0) is 35.9 Å². The maximum Gasteiger partial charge on any atom is 0.534 e. The van der Waals surface area contributed by atoms with Gasteiger partial charge in [-0.3, -0.25) is 9.69 Å². The van der Waals surface area contributed by atoms with Crippen molar-refractivity contribution in [3.8, 4) is 5.75 Å². The normalized spacial score (nSPS) is 20.9. The van der Waals surface area contributed by atoms with Crippen molar-refractivity contribution in [2.75, 3.05) is 19.6 Å². The van der Waals surface area contributed by atoms with Gasteiger partial charge in [-0.15, -0.1) is 0 Å². The Morgan fingerprint density at radius 1 is 0.975 bits per heavy atom. The van der Waals surface area contributed by atoms with Crippen molar-refractivity contribution in [2.24, 2.45) is 5.92 Å². The van der Waals surface area contributed by atoms with Crippen LogP contribution < -0.4 is 9.50 Å². The number of likely N-dealkylation sites (tertiary alicyclic amines) is 1. The van der Waals surface area contributed by atoms with Crippen LogP contribution >= 0.6 is 23.2 Å². The molecule has 0 radical (unpaired) electrons. The first-order valence-electron chi connectivity index (χ1n) is 13.6. The second-order valence-corrected chi connectivity index (χ2v) is 19.3. The van der Waals surface area contributed by atoms with Gasteiger partial charge in [0.05, 0.1) is 16.0 Å². The zero-order chi connectivity index (χ0) is 30.2. The smallest absolute Gasteiger partial charge is 0.413 e. The van der Waals surface area contributed by atoms with E-state index in [4.69, 9.17) is 27.6 Å². The Balaban J connectivity index is 1.90. The Morgan fingerprint density at radius 3 is 1.88 bits per heavy atom. The van der Waals surface area contributed by atoms with Crippen LogP contribution in [0.25, 0.3) is 0 Å². The molecule has 2 unspecified atom stereocenters. The van der Waals surface area contributed by atoms with E-state index in [-0.39, 0.29) is 22.1 Å². The van der Waals surface area contributed by atoms with E-state index in [1.807, 2.05) is 0 Å². The molecule has 1 aromatic rings. The van der Waals surface area contributed by atoms with E-state index < -0.39 is 41.7 Å². The summed E-state index contributed by atoms with van der Waals surface area (Å²) in [5, 5.41) is 2.68. The first-order chi connectivity index (χ1) is 18.4. The number of rotatable bonds is 10. The van der Waals surface area contributed by atoms with Crippen LogP contribution in [0.2, 0.25) is 26.7 Å². The molecule has 0 bridgehead atoms. The molecule has 228 valence electrons. The fraction of sp³-hybridized carbons (Fsp3) is 0.731. The number of piperidine rings is 1. The number of hydrogen-bond acceptors (Lipinski definition) is 6. The molecule has 2 atom stereocenters. The van der Waals surface area contributed by atoms with Gasteiger partial charge in [0.1, 0.15) is 5.75 Å². The lowest BCUT2D eigenvalue weighted by molar-refractivity contribution is -0.124. The van der Waals surface area contributed by atoms with Crippen molar-refractivity contribution in [2.45, 2.75) is 95.1 Å². The van der Waals surface area contributed by atoms with Crippen LogP contribution in [0.5, 0.6) is 5.75 Å². The van der Waals surface area contributed by atoms with Gasteiger partial charge in [-0.2, -0.15) is 21.6 Å². The highest BCUT2D eigenvalue weighted by Gasteiger charge is 2.49. The SMILES string of the molecule is CC(C)[Si](OC1CCN(C(c2c(Cl)cc(OS(=O)(=O)C(F)(F)F)cc2Cl)C2CCNC2=O)CC1)(C(C)C)C(C)C. The molecule has 40 heavy (non-hydrogen) atoms. The Kier molecular flexibility index (Phi) is 10.6. The van der Waals surface area contributed by atoms with Crippen LogP contribution in [0.3, 0.4) is 0 Å². The van der Waals surface area contributed by atoms with E-state index in [0.29, 0.717) is 48.2 Å². The summed E-state index contributed by atoms with van der Waals surface area (Å²) in [5.74, 6) is -1.31. The van der Waals surface area contributed by atoms with Gasteiger partial charge in [0, 0.05) is 49.5 Å². The third kappa shape index (κ3) is 6.77. The zero-order valence-corrected chi connectivity index (χ0v) is 27.0. The molecule has 2 aliphatic rings. The number of hydrogen-bond donors (Lipinski definition) is 1. The Bertz CT molecular complexity index is 1130. The number of carbonyl (C=O) groups is 1. The topological polar surface area (TPSA) is 84.9 Å². The van der Waals surface area contributed by atoms with E-state index in [1.165, 1.54) is 0 Å². The molecule has 1 amide bonds. The van der Waals surface area contributed by atoms with Crippen molar-refractivity contribution >= 4 is 47.5 Å². The molecule has 1 N–H and O–H groups in total.